The molecular weight excluding hydrogens is 162 g/mol. The van der Waals surface area contributed by atoms with Crippen molar-refractivity contribution in [2.75, 3.05) is 6.54 Å². The van der Waals surface area contributed by atoms with E-state index in [1.165, 1.54) is 32.1 Å². The predicted molar refractivity (Wildman–Crippen MR) is 54.5 cm³/mol. The fourth-order valence-electron chi connectivity index (χ4n) is 2.11. The first-order chi connectivity index (χ1) is 6.24. The Morgan fingerprint density at radius 3 is 2.38 bits per heavy atom. The molecule has 76 valence electrons. The van der Waals surface area contributed by atoms with Crippen molar-refractivity contribution in [3.8, 4) is 0 Å². The third-order valence-corrected chi connectivity index (χ3v) is 2.76. The molecule has 0 unspecified atom stereocenters. The molecule has 1 saturated carbocycles. The summed E-state index contributed by atoms with van der Waals surface area (Å²) in [7, 11) is 0. The normalized spacial score (nSPS) is 19.0. The molecule has 0 aromatic heterocycles. The van der Waals surface area contributed by atoms with Crippen molar-refractivity contribution >= 4 is 6.41 Å². The zero-order valence-corrected chi connectivity index (χ0v) is 8.83. The SMILES string of the molecule is CC(C)CN(C=O)C1CCCCC1. The molecule has 0 atom stereocenters. The standard InChI is InChI=1S/C11H21NO/c1-10(2)8-12(9-13)11-6-4-3-5-7-11/h9-11H,3-8H2,1-2H3. The summed E-state index contributed by atoms with van der Waals surface area (Å²) < 4.78 is 0. The third kappa shape index (κ3) is 3.37. The second-order valence-electron chi connectivity index (χ2n) is 4.49. The fourth-order valence-corrected chi connectivity index (χ4v) is 2.11. The quantitative estimate of drug-likeness (QED) is 0.613. The zero-order valence-electron chi connectivity index (χ0n) is 8.83. The molecule has 1 fully saturated rings. The maximum atomic E-state index is 10.9. The van der Waals surface area contributed by atoms with Gasteiger partial charge in [-0.05, 0) is 18.8 Å². The summed E-state index contributed by atoms with van der Waals surface area (Å²) in [5.74, 6) is 0.590. The smallest absolute Gasteiger partial charge is 0.209 e. The Kier molecular flexibility index (Phi) is 4.26. The first-order valence-corrected chi connectivity index (χ1v) is 5.45. The Morgan fingerprint density at radius 2 is 1.92 bits per heavy atom. The number of rotatable bonds is 4. The molecule has 0 N–H and O–H groups in total. The monoisotopic (exact) mass is 183 g/mol. The van der Waals surface area contributed by atoms with Gasteiger partial charge in [-0.2, -0.15) is 0 Å². The lowest BCUT2D eigenvalue weighted by Gasteiger charge is -2.32. The van der Waals surface area contributed by atoms with Crippen LogP contribution in [0.15, 0.2) is 0 Å². The summed E-state index contributed by atoms with van der Waals surface area (Å²) in [6, 6.07) is 0.536. The van der Waals surface area contributed by atoms with Crippen LogP contribution in [0.4, 0.5) is 0 Å². The molecule has 0 saturated heterocycles. The van der Waals surface area contributed by atoms with Gasteiger partial charge in [0.1, 0.15) is 0 Å². The van der Waals surface area contributed by atoms with Crippen molar-refractivity contribution in [3.05, 3.63) is 0 Å². The highest BCUT2D eigenvalue weighted by Crippen LogP contribution is 2.22. The van der Waals surface area contributed by atoms with E-state index in [1.807, 2.05) is 4.90 Å². The van der Waals surface area contributed by atoms with Gasteiger partial charge in [-0.15, -0.1) is 0 Å². The lowest BCUT2D eigenvalue weighted by atomic mass is 9.94. The van der Waals surface area contributed by atoms with E-state index in [0.717, 1.165) is 13.0 Å². The van der Waals surface area contributed by atoms with Crippen LogP contribution in [0.25, 0.3) is 0 Å². The molecule has 0 aromatic carbocycles. The number of hydrogen-bond donors (Lipinski definition) is 0. The van der Waals surface area contributed by atoms with Gasteiger partial charge in [-0.1, -0.05) is 33.1 Å². The Labute approximate surface area is 81.3 Å². The average molecular weight is 183 g/mol. The molecule has 2 heteroatoms. The Hall–Kier alpha value is -0.530. The summed E-state index contributed by atoms with van der Waals surface area (Å²) in [5, 5.41) is 0. The van der Waals surface area contributed by atoms with E-state index in [2.05, 4.69) is 13.8 Å². The minimum atomic E-state index is 0.536. The molecule has 0 bridgehead atoms. The molecule has 1 aliphatic rings. The van der Waals surface area contributed by atoms with Crippen LogP contribution in [0.5, 0.6) is 0 Å². The topological polar surface area (TPSA) is 20.3 Å². The van der Waals surface area contributed by atoms with Crippen molar-refractivity contribution in [1.29, 1.82) is 0 Å². The highest BCUT2D eigenvalue weighted by molar-refractivity contribution is 5.47. The Balaban J connectivity index is 2.39. The molecular formula is C11H21NO. The molecule has 1 aliphatic carbocycles. The molecule has 0 radical (unpaired) electrons. The van der Waals surface area contributed by atoms with Crippen molar-refractivity contribution in [2.24, 2.45) is 5.92 Å². The van der Waals surface area contributed by atoms with Crippen molar-refractivity contribution in [2.45, 2.75) is 52.0 Å². The Morgan fingerprint density at radius 1 is 1.31 bits per heavy atom. The highest BCUT2D eigenvalue weighted by atomic mass is 16.1. The van der Waals surface area contributed by atoms with E-state index in [0.29, 0.717) is 12.0 Å². The first-order valence-electron chi connectivity index (χ1n) is 5.45. The molecule has 0 heterocycles. The van der Waals surface area contributed by atoms with Gasteiger partial charge in [-0.3, -0.25) is 4.79 Å². The van der Waals surface area contributed by atoms with Crippen molar-refractivity contribution < 1.29 is 4.79 Å². The van der Waals surface area contributed by atoms with Gasteiger partial charge in [0.2, 0.25) is 6.41 Å². The van der Waals surface area contributed by atoms with Gasteiger partial charge in [0.15, 0.2) is 0 Å². The highest BCUT2D eigenvalue weighted by Gasteiger charge is 2.19. The molecule has 1 rings (SSSR count). The maximum Gasteiger partial charge on any atom is 0.209 e. The van der Waals surface area contributed by atoms with Crippen molar-refractivity contribution in [3.63, 3.8) is 0 Å². The number of hydrogen-bond acceptors (Lipinski definition) is 1. The summed E-state index contributed by atoms with van der Waals surface area (Å²) in [6.07, 6.45) is 7.41. The van der Waals surface area contributed by atoms with Crippen molar-refractivity contribution in [1.82, 2.24) is 4.90 Å². The second kappa shape index (κ2) is 5.25. The van der Waals surface area contributed by atoms with Gasteiger partial charge >= 0.3 is 0 Å². The van der Waals surface area contributed by atoms with E-state index >= 15 is 0 Å². The van der Waals surface area contributed by atoms with Crippen LogP contribution in [0.3, 0.4) is 0 Å². The number of amides is 1. The van der Waals surface area contributed by atoms with Crippen LogP contribution in [-0.4, -0.2) is 23.9 Å². The molecule has 0 aromatic rings. The van der Waals surface area contributed by atoms with Gasteiger partial charge in [0, 0.05) is 12.6 Å². The van der Waals surface area contributed by atoms with Gasteiger partial charge in [0.05, 0.1) is 0 Å². The first kappa shape index (κ1) is 10.6. The predicted octanol–water partition coefficient (Wildman–Crippen LogP) is 2.43. The lowest BCUT2D eigenvalue weighted by molar-refractivity contribution is -0.121. The number of carbonyl (C=O) groups excluding carboxylic acids is 1. The summed E-state index contributed by atoms with van der Waals surface area (Å²) in [4.78, 5) is 12.9. The zero-order chi connectivity index (χ0) is 9.68. The largest absolute Gasteiger partial charge is 0.342 e. The molecule has 2 nitrogen and oxygen atoms in total. The van der Waals surface area contributed by atoms with E-state index in [1.54, 1.807) is 0 Å². The summed E-state index contributed by atoms with van der Waals surface area (Å²) in [6.45, 7) is 5.26. The second-order valence-corrected chi connectivity index (χ2v) is 4.49. The molecule has 0 spiro atoms. The minimum Gasteiger partial charge on any atom is -0.342 e. The van der Waals surface area contributed by atoms with E-state index < -0.39 is 0 Å². The van der Waals surface area contributed by atoms with Crippen LogP contribution >= 0.6 is 0 Å². The average Bonchev–Trinajstić information content (AvgIpc) is 2.15. The maximum absolute atomic E-state index is 10.9. The van der Waals surface area contributed by atoms with E-state index in [-0.39, 0.29) is 0 Å². The van der Waals surface area contributed by atoms with Crippen LogP contribution < -0.4 is 0 Å². The van der Waals surface area contributed by atoms with E-state index in [9.17, 15) is 4.79 Å². The van der Waals surface area contributed by atoms with Gasteiger partial charge < -0.3 is 4.90 Å². The minimum absolute atomic E-state index is 0.536. The van der Waals surface area contributed by atoms with Crippen LogP contribution in [0.1, 0.15) is 46.0 Å². The lowest BCUT2D eigenvalue weighted by Crippen LogP contribution is -2.38. The Bertz CT molecular complexity index is 150. The van der Waals surface area contributed by atoms with Crippen LogP contribution in [0, 0.1) is 5.92 Å². The van der Waals surface area contributed by atoms with Gasteiger partial charge in [0.25, 0.3) is 0 Å². The number of carbonyl (C=O) groups is 1. The van der Waals surface area contributed by atoms with Crippen LogP contribution in [0.2, 0.25) is 0 Å². The molecule has 1 amide bonds. The van der Waals surface area contributed by atoms with Gasteiger partial charge in [-0.25, -0.2) is 0 Å². The molecule has 13 heavy (non-hydrogen) atoms. The summed E-state index contributed by atoms with van der Waals surface area (Å²) in [5.41, 5.74) is 0. The fraction of sp³-hybridized carbons (Fsp3) is 0.909. The van der Waals surface area contributed by atoms with E-state index in [4.69, 9.17) is 0 Å². The molecule has 0 aliphatic heterocycles. The summed E-state index contributed by atoms with van der Waals surface area (Å²) >= 11 is 0. The third-order valence-electron chi connectivity index (χ3n) is 2.76. The number of nitrogens with zero attached hydrogens (tertiary/aromatic N) is 1. The van der Waals surface area contributed by atoms with Crippen LogP contribution in [-0.2, 0) is 4.79 Å².